The van der Waals surface area contributed by atoms with E-state index in [-0.39, 0.29) is 24.2 Å². The Morgan fingerprint density at radius 2 is 1.88 bits per heavy atom. The summed E-state index contributed by atoms with van der Waals surface area (Å²) in [7, 11) is 0. The van der Waals surface area contributed by atoms with Crippen LogP contribution in [0.25, 0.3) is 0 Å². The molecule has 0 aromatic heterocycles. The van der Waals surface area contributed by atoms with E-state index in [9.17, 15) is 9.18 Å². The average Bonchev–Trinajstić information content (AvgIpc) is 2.53. The van der Waals surface area contributed by atoms with Gasteiger partial charge in [0.2, 0.25) is 5.91 Å². The van der Waals surface area contributed by atoms with Crippen molar-refractivity contribution in [3.05, 3.63) is 35.6 Å². The second kappa shape index (κ2) is 11.4. The highest BCUT2D eigenvalue weighted by Gasteiger charge is 2.05. The summed E-state index contributed by atoms with van der Waals surface area (Å²) < 4.78 is 12.8. The minimum Gasteiger partial charge on any atom is -0.370 e. The molecule has 0 aliphatic rings. The molecule has 1 aromatic carbocycles. The van der Waals surface area contributed by atoms with Gasteiger partial charge in [0.05, 0.1) is 13.0 Å². The minimum absolute atomic E-state index is 0.115. The number of hydrogen-bond acceptors (Lipinski definition) is 2. The maximum atomic E-state index is 12.8. The molecule has 6 heteroatoms. The van der Waals surface area contributed by atoms with Gasteiger partial charge in [0, 0.05) is 12.6 Å². The number of nitrogens with one attached hydrogen (secondary N) is 2. The maximum absolute atomic E-state index is 12.8. The number of nitrogens with zero attached hydrogens (tertiary/aromatic N) is 1. The van der Waals surface area contributed by atoms with Crippen LogP contribution >= 0.6 is 0 Å². The highest BCUT2D eigenvalue weighted by Crippen LogP contribution is 2.08. The van der Waals surface area contributed by atoms with Crippen molar-refractivity contribution in [1.29, 1.82) is 0 Å². The second-order valence-electron chi connectivity index (χ2n) is 6.79. The number of rotatable bonds is 10. The van der Waals surface area contributed by atoms with Crippen molar-refractivity contribution in [2.45, 2.75) is 52.5 Å². The summed E-state index contributed by atoms with van der Waals surface area (Å²) in [6, 6.07) is 6.20. The van der Waals surface area contributed by atoms with Crippen molar-refractivity contribution in [3.8, 4) is 0 Å². The Morgan fingerprint density at radius 1 is 1.20 bits per heavy atom. The molecule has 5 nitrogen and oxygen atoms in total. The molecule has 1 aromatic rings. The van der Waals surface area contributed by atoms with Gasteiger partial charge < -0.3 is 16.4 Å². The summed E-state index contributed by atoms with van der Waals surface area (Å²) in [6.45, 7) is 7.38. The molecule has 0 spiro atoms. The van der Waals surface area contributed by atoms with Crippen LogP contribution in [-0.4, -0.2) is 31.0 Å². The molecule has 0 fully saturated rings. The first-order valence-corrected chi connectivity index (χ1v) is 8.94. The first kappa shape index (κ1) is 20.9. The monoisotopic (exact) mass is 350 g/mol. The zero-order valence-electron chi connectivity index (χ0n) is 15.5. The Hall–Kier alpha value is -2.11. The summed E-state index contributed by atoms with van der Waals surface area (Å²) in [5.41, 5.74) is 6.63. The fraction of sp³-hybridized carbons (Fsp3) is 0.579. The molecule has 1 rings (SSSR count). The number of hydrogen-bond donors (Lipinski definition) is 3. The topological polar surface area (TPSA) is 79.5 Å². The van der Waals surface area contributed by atoms with Gasteiger partial charge in [0.15, 0.2) is 5.96 Å². The number of benzene rings is 1. The second-order valence-corrected chi connectivity index (χ2v) is 6.79. The fourth-order valence-corrected chi connectivity index (χ4v) is 2.42. The normalized spacial score (nSPS) is 12.9. The minimum atomic E-state index is -0.306. The van der Waals surface area contributed by atoms with Crippen LogP contribution in [0.2, 0.25) is 0 Å². The van der Waals surface area contributed by atoms with Crippen LogP contribution in [0.1, 0.15) is 45.6 Å². The number of halogens is 1. The Bertz CT molecular complexity index is 543. The molecule has 0 saturated heterocycles. The van der Waals surface area contributed by atoms with Gasteiger partial charge in [-0.25, -0.2) is 4.39 Å². The number of carbonyl (C=O) groups excluding carboxylic acids is 1. The predicted molar refractivity (Wildman–Crippen MR) is 101 cm³/mol. The third-order valence-corrected chi connectivity index (χ3v) is 3.81. The maximum Gasteiger partial charge on any atom is 0.224 e. The Kier molecular flexibility index (Phi) is 9.58. The molecular weight excluding hydrogens is 319 g/mol. The van der Waals surface area contributed by atoms with E-state index in [1.807, 2.05) is 0 Å². The van der Waals surface area contributed by atoms with Crippen molar-refractivity contribution in [1.82, 2.24) is 10.6 Å². The molecule has 25 heavy (non-hydrogen) atoms. The fourth-order valence-electron chi connectivity index (χ4n) is 2.42. The average molecular weight is 350 g/mol. The number of guanidine groups is 1. The molecular formula is C19H31FN4O. The van der Waals surface area contributed by atoms with Crippen molar-refractivity contribution in [2.24, 2.45) is 16.6 Å². The molecule has 140 valence electrons. The van der Waals surface area contributed by atoms with E-state index in [1.165, 1.54) is 25.0 Å². The zero-order chi connectivity index (χ0) is 18.7. The van der Waals surface area contributed by atoms with E-state index in [1.54, 1.807) is 12.1 Å². The third kappa shape index (κ3) is 10.4. The van der Waals surface area contributed by atoms with Gasteiger partial charge in [-0.2, -0.15) is 0 Å². The highest BCUT2D eigenvalue weighted by molar-refractivity contribution is 5.79. The zero-order valence-corrected chi connectivity index (χ0v) is 15.5. The van der Waals surface area contributed by atoms with Crippen molar-refractivity contribution in [3.63, 3.8) is 0 Å². The van der Waals surface area contributed by atoms with Gasteiger partial charge in [-0.15, -0.1) is 0 Å². The largest absolute Gasteiger partial charge is 0.370 e. The highest BCUT2D eigenvalue weighted by atomic mass is 19.1. The summed E-state index contributed by atoms with van der Waals surface area (Å²) in [4.78, 5) is 16.0. The standard InChI is InChI=1S/C19H31FN4O/c1-14(2)5-4-6-15(3)24-19(21)23-12-11-22-18(25)13-16-7-9-17(20)10-8-16/h7-10,14-15H,4-6,11-13H2,1-3H3,(H,22,25)(H3,21,23,24). The Labute approximate surface area is 150 Å². The lowest BCUT2D eigenvalue weighted by molar-refractivity contribution is -0.120. The number of nitrogens with two attached hydrogens (primary N) is 1. The van der Waals surface area contributed by atoms with Gasteiger partial charge in [0.25, 0.3) is 0 Å². The Balaban J connectivity index is 2.18. The van der Waals surface area contributed by atoms with E-state index >= 15 is 0 Å². The number of carbonyl (C=O) groups is 1. The molecule has 0 radical (unpaired) electrons. The molecule has 0 bridgehead atoms. The summed E-state index contributed by atoms with van der Waals surface area (Å²) in [5, 5.41) is 5.94. The van der Waals surface area contributed by atoms with Gasteiger partial charge in [-0.05, 0) is 37.0 Å². The van der Waals surface area contributed by atoms with Crippen LogP contribution in [0.5, 0.6) is 0 Å². The SMILES string of the molecule is CC(C)CCCC(C)NC(N)=NCCNC(=O)Cc1ccc(F)cc1. The molecule has 0 heterocycles. The third-order valence-electron chi connectivity index (χ3n) is 3.81. The first-order valence-electron chi connectivity index (χ1n) is 8.94. The van der Waals surface area contributed by atoms with E-state index in [0.29, 0.717) is 19.0 Å². The molecule has 4 N–H and O–H groups in total. The van der Waals surface area contributed by atoms with Crippen LogP contribution in [0.3, 0.4) is 0 Å². The summed E-state index contributed by atoms with van der Waals surface area (Å²) >= 11 is 0. The molecule has 1 unspecified atom stereocenters. The lowest BCUT2D eigenvalue weighted by Gasteiger charge is -2.15. The molecule has 0 aliphatic heterocycles. The lowest BCUT2D eigenvalue weighted by Crippen LogP contribution is -2.39. The van der Waals surface area contributed by atoms with Crippen LogP contribution in [0, 0.1) is 11.7 Å². The van der Waals surface area contributed by atoms with E-state index in [2.05, 4.69) is 36.4 Å². The van der Waals surface area contributed by atoms with Crippen molar-refractivity contribution >= 4 is 11.9 Å². The van der Waals surface area contributed by atoms with E-state index in [0.717, 1.165) is 17.9 Å². The van der Waals surface area contributed by atoms with Crippen molar-refractivity contribution < 1.29 is 9.18 Å². The number of aliphatic imine (C=N–C) groups is 1. The lowest BCUT2D eigenvalue weighted by atomic mass is 10.0. The molecule has 0 aliphatic carbocycles. The van der Waals surface area contributed by atoms with Crippen molar-refractivity contribution in [2.75, 3.05) is 13.1 Å². The predicted octanol–water partition coefficient (Wildman–Crippen LogP) is 2.60. The van der Waals surface area contributed by atoms with Gasteiger partial charge in [0.1, 0.15) is 5.82 Å². The van der Waals surface area contributed by atoms with Crippen LogP contribution in [0.15, 0.2) is 29.3 Å². The molecule has 1 atom stereocenters. The van der Waals surface area contributed by atoms with Gasteiger partial charge >= 0.3 is 0 Å². The van der Waals surface area contributed by atoms with E-state index in [4.69, 9.17) is 5.73 Å². The first-order chi connectivity index (χ1) is 11.9. The van der Waals surface area contributed by atoms with Gasteiger partial charge in [-0.1, -0.05) is 38.8 Å². The van der Waals surface area contributed by atoms with Crippen LogP contribution in [0.4, 0.5) is 4.39 Å². The summed E-state index contributed by atoms with van der Waals surface area (Å²) in [6.07, 6.45) is 3.66. The molecule has 0 saturated carbocycles. The smallest absolute Gasteiger partial charge is 0.224 e. The number of amides is 1. The Morgan fingerprint density at radius 3 is 2.52 bits per heavy atom. The van der Waals surface area contributed by atoms with Crippen LogP contribution < -0.4 is 16.4 Å². The molecule has 1 amide bonds. The quantitative estimate of drug-likeness (QED) is 0.345. The van der Waals surface area contributed by atoms with Gasteiger partial charge in [-0.3, -0.25) is 9.79 Å². The van der Waals surface area contributed by atoms with E-state index < -0.39 is 0 Å². The summed E-state index contributed by atoms with van der Waals surface area (Å²) in [5.74, 6) is 0.705. The van der Waals surface area contributed by atoms with Crippen LogP contribution in [-0.2, 0) is 11.2 Å².